The smallest absolute Gasteiger partial charge is 0.260 e. The van der Waals surface area contributed by atoms with Gasteiger partial charge in [-0.15, -0.1) is 0 Å². The molecule has 0 radical (unpaired) electrons. The summed E-state index contributed by atoms with van der Waals surface area (Å²) in [6.45, 7) is 4.28. The fraction of sp³-hybridized carbons (Fsp3) is 0.467. The van der Waals surface area contributed by atoms with E-state index in [9.17, 15) is 4.79 Å². The third kappa shape index (κ3) is 3.80. The molecule has 0 spiro atoms. The van der Waals surface area contributed by atoms with Crippen LogP contribution in [-0.4, -0.2) is 50.3 Å². The number of nitrogen functional groups attached to an aromatic ring is 1. The van der Waals surface area contributed by atoms with Crippen LogP contribution in [0.5, 0.6) is 11.5 Å². The van der Waals surface area contributed by atoms with Crippen LogP contribution in [0.3, 0.4) is 0 Å². The summed E-state index contributed by atoms with van der Waals surface area (Å²) in [7, 11) is 0. The van der Waals surface area contributed by atoms with E-state index in [1.165, 1.54) is 6.07 Å². The van der Waals surface area contributed by atoms with Gasteiger partial charge in [-0.2, -0.15) is 5.26 Å². The van der Waals surface area contributed by atoms with E-state index in [4.69, 9.17) is 25.2 Å². The molecule has 1 saturated heterocycles. The van der Waals surface area contributed by atoms with Crippen molar-refractivity contribution in [1.82, 2.24) is 4.90 Å². The SMILES string of the molecule is CCOc1cc(C#N)cc(N)c1OCC(=O)N1CCOCC1. The molecular formula is C15H19N3O4. The predicted molar refractivity (Wildman–Crippen MR) is 79.6 cm³/mol. The van der Waals surface area contributed by atoms with Crippen molar-refractivity contribution in [2.45, 2.75) is 6.92 Å². The number of nitrogens with zero attached hydrogens (tertiary/aromatic N) is 2. The Morgan fingerprint density at radius 2 is 2.14 bits per heavy atom. The fourth-order valence-corrected chi connectivity index (χ4v) is 2.14. The van der Waals surface area contributed by atoms with Gasteiger partial charge in [0.15, 0.2) is 18.1 Å². The highest BCUT2D eigenvalue weighted by Crippen LogP contribution is 2.35. The van der Waals surface area contributed by atoms with E-state index in [2.05, 4.69) is 0 Å². The number of ether oxygens (including phenoxy) is 3. The van der Waals surface area contributed by atoms with Gasteiger partial charge in [-0.1, -0.05) is 0 Å². The van der Waals surface area contributed by atoms with Gasteiger partial charge in [0.05, 0.1) is 37.1 Å². The van der Waals surface area contributed by atoms with Gasteiger partial charge in [0.2, 0.25) is 0 Å². The first-order valence-electron chi connectivity index (χ1n) is 7.10. The van der Waals surface area contributed by atoms with Crippen LogP contribution in [0.2, 0.25) is 0 Å². The van der Waals surface area contributed by atoms with E-state index in [1.54, 1.807) is 11.0 Å². The first kappa shape index (κ1) is 15.9. The standard InChI is InChI=1S/C15H19N3O4/c1-2-21-13-8-11(9-16)7-12(17)15(13)22-10-14(19)18-3-5-20-6-4-18/h7-8H,2-6,10,17H2,1H3. The summed E-state index contributed by atoms with van der Waals surface area (Å²) in [6, 6.07) is 5.05. The monoisotopic (exact) mass is 305 g/mol. The second-order valence-electron chi connectivity index (χ2n) is 4.72. The van der Waals surface area contributed by atoms with Crippen LogP contribution in [0.4, 0.5) is 5.69 Å². The van der Waals surface area contributed by atoms with Gasteiger partial charge in [0, 0.05) is 19.2 Å². The normalized spacial score (nSPS) is 14.3. The number of benzene rings is 1. The molecule has 2 rings (SSSR count). The number of hydrogen-bond acceptors (Lipinski definition) is 6. The van der Waals surface area contributed by atoms with E-state index in [-0.39, 0.29) is 18.2 Å². The maximum Gasteiger partial charge on any atom is 0.260 e. The van der Waals surface area contributed by atoms with Crippen LogP contribution < -0.4 is 15.2 Å². The Kier molecular flexibility index (Phi) is 5.44. The molecule has 2 N–H and O–H groups in total. The maximum absolute atomic E-state index is 12.1. The number of carbonyl (C=O) groups is 1. The van der Waals surface area contributed by atoms with E-state index in [0.29, 0.717) is 50.0 Å². The molecular weight excluding hydrogens is 286 g/mol. The number of morpholine rings is 1. The zero-order valence-corrected chi connectivity index (χ0v) is 12.5. The molecule has 0 aliphatic carbocycles. The molecule has 1 aromatic carbocycles. The number of nitriles is 1. The highest BCUT2D eigenvalue weighted by atomic mass is 16.5. The minimum Gasteiger partial charge on any atom is -0.490 e. The third-order valence-corrected chi connectivity index (χ3v) is 3.22. The van der Waals surface area contributed by atoms with E-state index in [1.807, 2.05) is 13.0 Å². The van der Waals surface area contributed by atoms with Crippen LogP contribution in [0, 0.1) is 11.3 Å². The fourth-order valence-electron chi connectivity index (χ4n) is 2.14. The van der Waals surface area contributed by atoms with E-state index >= 15 is 0 Å². The van der Waals surface area contributed by atoms with Crippen molar-refractivity contribution < 1.29 is 19.0 Å². The average Bonchev–Trinajstić information content (AvgIpc) is 2.54. The molecule has 0 unspecified atom stereocenters. The molecule has 1 fully saturated rings. The minimum atomic E-state index is -0.130. The Morgan fingerprint density at radius 1 is 1.41 bits per heavy atom. The zero-order valence-electron chi connectivity index (χ0n) is 12.5. The molecule has 7 heteroatoms. The lowest BCUT2D eigenvalue weighted by Crippen LogP contribution is -2.43. The molecule has 7 nitrogen and oxygen atoms in total. The molecule has 0 aromatic heterocycles. The molecule has 118 valence electrons. The third-order valence-electron chi connectivity index (χ3n) is 3.22. The van der Waals surface area contributed by atoms with Crippen LogP contribution in [0.1, 0.15) is 12.5 Å². The molecule has 1 aliphatic heterocycles. The predicted octanol–water partition coefficient (Wildman–Crippen LogP) is 0.777. The van der Waals surface area contributed by atoms with Gasteiger partial charge in [-0.05, 0) is 13.0 Å². The van der Waals surface area contributed by atoms with E-state index in [0.717, 1.165) is 0 Å². The summed E-state index contributed by atoms with van der Waals surface area (Å²) >= 11 is 0. The summed E-state index contributed by atoms with van der Waals surface area (Å²) in [5.41, 5.74) is 6.55. The summed E-state index contributed by atoms with van der Waals surface area (Å²) in [6.07, 6.45) is 0. The van der Waals surface area contributed by atoms with Crippen molar-refractivity contribution in [2.75, 3.05) is 45.3 Å². The van der Waals surface area contributed by atoms with E-state index < -0.39 is 0 Å². The van der Waals surface area contributed by atoms with Crippen LogP contribution >= 0.6 is 0 Å². The molecule has 1 aromatic rings. The topological polar surface area (TPSA) is 97.8 Å². The number of amides is 1. The van der Waals surface area contributed by atoms with Crippen molar-refractivity contribution in [3.8, 4) is 17.6 Å². The molecule has 1 amide bonds. The lowest BCUT2D eigenvalue weighted by atomic mass is 10.2. The Bertz CT molecular complexity index is 577. The molecule has 22 heavy (non-hydrogen) atoms. The molecule has 0 bridgehead atoms. The first-order valence-corrected chi connectivity index (χ1v) is 7.10. The van der Waals surface area contributed by atoms with Crippen molar-refractivity contribution in [2.24, 2.45) is 0 Å². The average molecular weight is 305 g/mol. The molecule has 1 heterocycles. The van der Waals surface area contributed by atoms with Crippen LogP contribution in [0.15, 0.2) is 12.1 Å². The van der Waals surface area contributed by atoms with Crippen LogP contribution in [-0.2, 0) is 9.53 Å². The first-order chi connectivity index (χ1) is 10.7. The Morgan fingerprint density at radius 3 is 2.77 bits per heavy atom. The van der Waals surface area contributed by atoms with Gasteiger partial charge in [-0.25, -0.2) is 0 Å². The highest BCUT2D eigenvalue weighted by Gasteiger charge is 2.19. The largest absolute Gasteiger partial charge is 0.490 e. The van der Waals surface area contributed by atoms with Crippen molar-refractivity contribution >= 4 is 11.6 Å². The van der Waals surface area contributed by atoms with Gasteiger partial charge in [0.1, 0.15) is 0 Å². The summed E-state index contributed by atoms with van der Waals surface area (Å²) < 4.78 is 16.2. The number of rotatable bonds is 5. The minimum absolute atomic E-state index is 0.129. The second-order valence-corrected chi connectivity index (χ2v) is 4.72. The molecule has 0 saturated carbocycles. The zero-order chi connectivity index (χ0) is 15.9. The van der Waals surface area contributed by atoms with Crippen molar-refractivity contribution in [3.63, 3.8) is 0 Å². The molecule has 1 aliphatic rings. The van der Waals surface area contributed by atoms with Crippen molar-refractivity contribution in [3.05, 3.63) is 17.7 Å². The second kappa shape index (κ2) is 7.52. The number of nitrogens with two attached hydrogens (primary N) is 1. The number of hydrogen-bond donors (Lipinski definition) is 1. The van der Waals surface area contributed by atoms with Gasteiger partial charge in [-0.3, -0.25) is 4.79 Å². The lowest BCUT2D eigenvalue weighted by molar-refractivity contribution is -0.137. The Balaban J connectivity index is 2.08. The Labute approximate surface area is 129 Å². The lowest BCUT2D eigenvalue weighted by Gasteiger charge is -2.27. The summed E-state index contributed by atoms with van der Waals surface area (Å²) in [4.78, 5) is 13.8. The Hall–Kier alpha value is -2.46. The highest BCUT2D eigenvalue weighted by molar-refractivity contribution is 5.78. The molecule has 0 atom stereocenters. The van der Waals surface area contributed by atoms with Gasteiger partial charge in [0.25, 0.3) is 5.91 Å². The number of carbonyl (C=O) groups excluding carboxylic acids is 1. The number of anilines is 1. The van der Waals surface area contributed by atoms with Crippen LogP contribution in [0.25, 0.3) is 0 Å². The summed E-state index contributed by atoms with van der Waals surface area (Å²) in [5, 5.41) is 8.96. The maximum atomic E-state index is 12.1. The summed E-state index contributed by atoms with van der Waals surface area (Å²) in [5.74, 6) is 0.533. The van der Waals surface area contributed by atoms with Crippen molar-refractivity contribution in [1.29, 1.82) is 5.26 Å². The van der Waals surface area contributed by atoms with Gasteiger partial charge >= 0.3 is 0 Å². The van der Waals surface area contributed by atoms with Gasteiger partial charge < -0.3 is 24.8 Å². The quantitative estimate of drug-likeness (QED) is 0.807.